The van der Waals surface area contributed by atoms with Crippen LogP contribution in [0.3, 0.4) is 0 Å². The zero-order valence-corrected chi connectivity index (χ0v) is 23.7. The number of carboxylic acid groups (broad SMARTS) is 1. The monoisotopic (exact) mass is 574 g/mol. The number of urea groups is 1. The third kappa shape index (κ3) is 8.02. The minimum atomic E-state index is -0.848. The fourth-order valence-corrected chi connectivity index (χ4v) is 5.19. The second-order valence-electron chi connectivity index (χ2n) is 9.54. The van der Waals surface area contributed by atoms with Gasteiger partial charge in [0.15, 0.2) is 5.75 Å². The van der Waals surface area contributed by atoms with E-state index in [1.54, 1.807) is 16.7 Å². The number of nitrogens with zero attached hydrogens (tertiary/aromatic N) is 1. The largest absolute Gasteiger partial charge is 0.481 e. The SMILES string of the molecule is O=C(O)Cc1ccc(Sc2ccc(N(CCc3ccccc3)C(=O)Nc3ccccc3Oc3ccccc3)cc2)cc1. The highest BCUT2D eigenvalue weighted by Crippen LogP contribution is 2.32. The Morgan fingerprint density at radius 2 is 1.29 bits per heavy atom. The van der Waals surface area contributed by atoms with Crippen molar-refractivity contribution in [3.05, 3.63) is 145 Å². The number of amides is 2. The molecule has 210 valence electrons. The van der Waals surface area contributed by atoms with E-state index in [9.17, 15) is 9.59 Å². The molecular formula is C35H30N2O4S. The summed E-state index contributed by atoms with van der Waals surface area (Å²) in [5.74, 6) is 0.394. The number of para-hydroxylation sites is 3. The van der Waals surface area contributed by atoms with Gasteiger partial charge in [0.2, 0.25) is 0 Å². The number of anilines is 2. The molecule has 0 heterocycles. The molecule has 0 saturated heterocycles. The van der Waals surface area contributed by atoms with Crippen molar-refractivity contribution >= 4 is 35.1 Å². The van der Waals surface area contributed by atoms with E-state index in [0.717, 1.165) is 26.6 Å². The predicted molar refractivity (Wildman–Crippen MR) is 168 cm³/mol. The number of hydrogen-bond acceptors (Lipinski definition) is 4. The summed E-state index contributed by atoms with van der Waals surface area (Å²) in [5.41, 5.74) is 3.25. The molecular weight excluding hydrogens is 544 g/mol. The minimum Gasteiger partial charge on any atom is -0.481 e. The van der Waals surface area contributed by atoms with E-state index in [0.29, 0.717) is 30.2 Å². The first kappa shape index (κ1) is 28.5. The van der Waals surface area contributed by atoms with Crippen LogP contribution in [0.4, 0.5) is 16.2 Å². The molecule has 0 unspecified atom stereocenters. The number of carbonyl (C=O) groups excluding carboxylic acids is 1. The van der Waals surface area contributed by atoms with Crippen LogP contribution in [0.25, 0.3) is 0 Å². The summed E-state index contributed by atoms with van der Waals surface area (Å²) < 4.78 is 6.06. The molecule has 0 fully saturated rings. The van der Waals surface area contributed by atoms with Crippen molar-refractivity contribution in [1.29, 1.82) is 0 Å². The summed E-state index contributed by atoms with van der Waals surface area (Å²) in [6.45, 7) is 0.481. The molecule has 0 bridgehead atoms. The van der Waals surface area contributed by atoms with Crippen molar-refractivity contribution in [2.45, 2.75) is 22.6 Å². The maximum Gasteiger partial charge on any atom is 0.326 e. The van der Waals surface area contributed by atoms with Crippen molar-refractivity contribution in [3.8, 4) is 11.5 Å². The molecule has 0 aliphatic carbocycles. The predicted octanol–water partition coefficient (Wildman–Crippen LogP) is 8.54. The molecule has 42 heavy (non-hydrogen) atoms. The first-order valence-electron chi connectivity index (χ1n) is 13.6. The van der Waals surface area contributed by atoms with E-state index in [1.807, 2.05) is 121 Å². The highest BCUT2D eigenvalue weighted by Gasteiger charge is 2.18. The van der Waals surface area contributed by atoms with Crippen LogP contribution in [0.5, 0.6) is 11.5 Å². The third-order valence-electron chi connectivity index (χ3n) is 6.47. The molecule has 0 spiro atoms. The van der Waals surface area contributed by atoms with E-state index in [-0.39, 0.29) is 12.5 Å². The number of aliphatic carboxylic acids is 1. The quantitative estimate of drug-likeness (QED) is 0.165. The molecule has 0 saturated carbocycles. The summed E-state index contributed by atoms with van der Waals surface area (Å²) in [4.78, 5) is 28.4. The second kappa shape index (κ2) is 14.1. The van der Waals surface area contributed by atoms with Gasteiger partial charge in [0.1, 0.15) is 5.75 Å². The van der Waals surface area contributed by atoms with Crippen LogP contribution in [-0.2, 0) is 17.6 Å². The van der Waals surface area contributed by atoms with E-state index >= 15 is 0 Å². The average molecular weight is 575 g/mol. The molecule has 5 aromatic rings. The average Bonchev–Trinajstić information content (AvgIpc) is 3.01. The Kier molecular flexibility index (Phi) is 9.54. The molecule has 2 N–H and O–H groups in total. The zero-order valence-electron chi connectivity index (χ0n) is 22.9. The summed E-state index contributed by atoms with van der Waals surface area (Å²) >= 11 is 1.58. The van der Waals surface area contributed by atoms with E-state index in [2.05, 4.69) is 17.4 Å². The summed E-state index contributed by atoms with van der Waals surface area (Å²) in [6, 6.07) is 42.1. The van der Waals surface area contributed by atoms with Crippen LogP contribution in [0.1, 0.15) is 11.1 Å². The van der Waals surface area contributed by atoms with E-state index in [1.165, 1.54) is 0 Å². The molecule has 6 nitrogen and oxygen atoms in total. The lowest BCUT2D eigenvalue weighted by Crippen LogP contribution is -2.36. The lowest BCUT2D eigenvalue weighted by molar-refractivity contribution is -0.136. The van der Waals surface area contributed by atoms with Crippen LogP contribution >= 0.6 is 11.8 Å². The van der Waals surface area contributed by atoms with Crippen molar-refractivity contribution < 1.29 is 19.4 Å². The van der Waals surface area contributed by atoms with Gasteiger partial charge in [0.25, 0.3) is 0 Å². The number of carbonyl (C=O) groups is 2. The third-order valence-corrected chi connectivity index (χ3v) is 7.49. The lowest BCUT2D eigenvalue weighted by Gasteiger charge is -2.24. The van der Waals surface area contributed by atoms with Crippen LogP contribution in [-0.4, -0.2) is 23.7 Å². The number of ether oxygens (including phenoxy) is 1. The molecule has 7 heteroatoms. The smallest absolute Gasteiger partial charge is 0.326 e. The molecule has 0 aliphatic heterocycles. The Bertz CT molecular complexity index is 1610. The minimum absolute atomic E-state index is 0.00335. The highest BCUT2D eigenvalue weighted by atomic mass is 32.2. The van der Waals surface area contributed by atoms with Gasteiger partial charge < -0.3 is 15.2 Å². The van der Waals surface area contributed by atoms with E-state index in [4.69, 9.17) is 9.84 Å². The van der Waals surface area contributed by atoms with Crippen LogP contribution in [0.2, 0.25) is 0 Å². The van der Waals surface area contributed by atoms with Crippen molar-refractivity contribution in [3.63, 3.8) is 0 Å². The Balaban J connectivity index is 1.33. The summed E-state index contributed by atoms with van der Waals surface area (Å²) in [5, 5.41) is 12.1. The maximum absolute atomic E-state index is 13.7. The van der Waals surface area contributed by atoms with Gasteiger partial charge in [-0.15, -0.1) is 0 Å². The topological polar surface area (TPSA) is 78.9 Å². The standard InChI is InChI=1S/C35H30N2O4S/c38-34(39)25-27-15-19-30(20-16-27)42-31-21-17-28(18-22-31)37(24-23-26-9-3-1-4-10-26)35(40)36-32-13-7-8-14-33(32)41-29-11-5-2-6-12-29/h1-22H,23-25H2,(H,36,40)(H,38,39). The molecule has 5 aromatic carbocycles. The normalized spacial score (nSPS) is 10.6. The molecule has 0 radical (unpaired) electrons. The van der Waals surface area contributed by atoms with Gasteiger partial charge in [0, 0.05) is 22.0 Å². The summed E-state index contributed by atoms with van der Waals surface area (Å²) in [7, 11) is 0. The van der Waals surface area contributed by atoms with Gasteiger partial charge in [-0.2, -0.15) is 0 Å². The van der Waals surface area contributed by atoms with E-state index < -0.39 is 5.97 Å². The van der Waals surface area contributed by atoms with Crippen molar-refractivity contribution in [2.24, 2.45) is 0 Å². The lowest BCUT2D eigenvalue weighted by atomic mass is 10.1. The van der Waals surface area contributed by atoms with Crippen LogP contribution in [0, 0.1) is 0 Å². The summed E-state index contributed by atoms with van der Waals surface area (Å²) in [6.07, 6.45) is 0.693. The molecule has 0 atom stereocenters. The van der Waals surface area contributed by atoms with Gasteiger partial charge in [-0.25, -0.2) is 4.79 Å². The zero-order chi connectivity index (χ0) is 29.1. The van der Waals surface area contributed by atoms with Crippen molar-refractivity contribution in [1.82, 2.24) is 0 Å². The van der Waals surface area contributed by atoms with Crippen molar-refractivity contribution in [2.75, 3.05) is 16.8 Å². The molecule has 2 amide bonds. The second-order valence-corrected chi connectivity index (χ2v) is 10.7. The molecule has 5 rings (SSSR count). The Hall–Kier alpha value is -5.01. The van der Waals surface area contributed by atoms with Gasteiger partial charge in [-0.05, 0) is 78.2 Å². The number of rotatable bonds is 11. The van der Waals surface area contributed by atoms with Gasteiger partial charge in [-0.3, -0.25) is 9.69 Å². The fourth-order valence-electron chi connectivity index (χ4n) is 4.37. The highest BCUT2D eigenvalue weighted by molar-refractivity contribution is 7.99. The molecule has 0 aromatic heterocycles. The number of hydrogen-bond donors (Lipinski definition) is 2. The molecule has 0 aliphatic rings. The number of carboxylic acids is 1. The Morgan fingerprint density at radius 1 is 0.690 bits per heavy atom. The van der Waals surface area contributed by atoms with Gasteiger partial charge in [0.05, 0.1) is 12.1 Å². The Labute approximate surface area is 249 Å². The maximum atomic E-state index is 13.7. The number of benzene rings is 5. The van der Waals surface area contributed by atoms with Gasteiger partial charge in [-0.1, -0.05) is 84.6 Å². The van der Waals surface area contributed by atoms with Gasteiger partial charge >= 0.3 is 12.0 Å². The van der Waals surface area contributed by atoms with Crippen LogP contribution < -0.4 is 15.0 Å². The fraction of sp³-hybridized carbons (Fsp3) is 0.0857. The first-order valence-corrected chi connectivity index (χ1v) is 14.4. The Morgan fingerprint density at radius 3 is 1.95 bits per heavy atom. The van der Waals surface area contributed by atoms with Crippen LogP contribution in [0.15, 0.2) is 143 Å². The number of nitrogens with one attached hydrogen (secondary N) is 1. The first-order chi connectivity index (χ1) is 20.5.